The molecule has 5 heteroatoms. The largest absolute Gasteiger partial charge is 0.473 e. The minimum Gasteiger partial charge on any atom is -0.473 e. The van der Waals surface area contributed by atoms with E-state index in [4.69, 9.17) is 4.74 Å². The van der Waals surface area contributed by atoms with Crippen molar-refractivity contribution >= 4 is 12.1 Å². The second-order valence-electron chi connectivity index (χ2n) is 2.69. The van der Waals surface area contributed by atoms with Crippen molar-refractivity contribution in [1.29, 1.82) is 0 Å². The molecule has 12 heavy (non-hydrogen) atoms. The van der Waals surface area contributed by atoms with Gasteiger partial charge in [0, 0.05) is 0 Å². The number of rotatable bonds is 4. The summed E-state index contributed by atoms with van der Waals surface area (Å²) in [6.45, 7) is 0. The SMILES string of the molecule is O=CNc1cn[nH]c1OC1CC1. The monoisotopic (exact) mass is 167 g/mol. The molecule has 1 amide bonds. The van der Waals surface area contributed by atoms with Crippen LogP contribution in [-0.2, 0) is 4.79 Å². The number of nitrogens with zero attached hydrogens (tertiary/aromatic N) is 1. The van der Waals surface area contributed by atoms with Gasteiger partial charge in [0.25, 0.3) is 0 Å². The number of nitrogens with one attached hydrogen (secondary N) is 2. The standard InChI is InChI=1S/C7H9N3O2/c11-4-8-6-3-9-10-7(6)12-5-1-2-5/h3-5H,1-2H2,(H,8,11)(H,9,10). The zero-order valence-corrected chi connectivity index (χ0v) is 6.41. The van der Waals surface area contributed by atoms with Crippen molar-refractivity contribution in [3.8, 4) is 5.88 Å². The molecule has 1 aromatic rings. The molecule has 0 spiro atoms. The molecular formula is C7H9N3O2. The highest BCUT2D eigenvalue weighted by molar-refractivity contribution is 5.73. The average Bonchev–Trinajstić information content (AvgIpc) is 2.76. The first kappa shape index (κ1) is 7.15. The number of anilines is 1. The quantitative estimate of drug-likeness (QED) is 0.642. The van der Waals surface area contributed by atoms with Crippen LogP contribution in [0.4, 0.5) is 5.69 Å². The van der Waals surface area contributed by atoms with Crippen molar-refractivity contribution in [3.05, 3.63) is 6.20 Å². The smallest absolute Gasteiger partial charge is 0.233 e. The third-order valence-corrected chi connectivity index (χ3v) is 1.63. The van der Waals surface area contributed by atoms with E-state index < -0.39 is 0 Å². The number of carbonyl (C=O) groups is 1. The minimum absolute atomic E-state index is 0.303. The summed E-state index contributed by atoms with van der Waals surface area (Å²) < 4.78 is 5.41. The van der Waals surface area contributed by atoms with Crippen LogP contribution in [0, 0.1) is 0 Å². The first-order chi connectivity index (χ1) is 5.90. The maximum absolute atomic E-state index is 10.1. The summed E-state index contributed by atoms with van der Waals surface area (Å²) in [6.07, 6.45) is 4.59. The zero-order chi connectivity index (χ0) is 8.39. The third kappa shape index (κ3) is 1.39. The first-order valence-electron chi connectivity index (χ1n) is 3.80. The van der Waals surface area contributed by atoms with Crippen LogP contribution in [0.2, 0.25) is 0 Å². The van der Waals surface area contributed by atoms with Gasteiger partial charge in [-0.05, 0) is 12.8 Å². The molecular weight excluding hydrogens is 158 g/mol. The lowest BCUT2D eigenvalue weighted by Crippen LogP contribution is -2.00. The molecule has 1 heterocycles. The molecule has 0 unspecified atom stereocenters. The molecule has 2 N–H and O–H groups in total. The number of ether oxygens (including phenoxy) is 1. The molecule has 64 valence electrons. The molecule has 0 radical (unpaired) electrons. The number of amides is 1. The van der Waals surface area contributed by atoms with Gasteiger partial charge >= 0.3 is 0 Å². The van der Waals surface area contributed by atoms with Gasteiger partial charge in [-0.15, -0.1) is 0 Å². The van der Waals surface area contributed by atoms with Crippen molar-refractivity contribution in [2.75, 3.05) is 5.32 Å². The van der Waals surface area contributed by atoms with E-state index in [0.29, 0.717) is 24.1 Å². The highest BCUT2D eigenvalue weighted by Gasteiger charge is 2.25. The Labute approximate surface area is 69.1 Å². The summed E-state index contributed by atoms with van der Waals surface area (Å²) in [5.74, 6) is 0.546. The minimum atomic E-state index is 0.303. The topological polar surface area (TPSA) is 67.0 Å². The van der Waals surface area contributed by atoms with Gasteiger partial charge in [0.1, 0.15) is 11.8 Å². The average molecular weight is 167 g/mol. The molecule has 0 atom stereocenters. The molecule has 2 rings (SSSR count). The zero-order valence-electron chi connectivity index (χ0n) is 6.41. The molecule has 1 aliphatic rings. The summed E-state index contributed by atoms with van der Waals surface area (Å²) in [6, 6.07) is 0. The summed E-state index contributed by atoms with van der Waals surface area (Å²) in [7, 11) is 0. The number of aromatic nitrogens is 2. The van der Waals surface area contributed by atoms with E-state index in [2.05, 4.69) is 15.5 Å². The summed E-state index contributed by atoms with van der Waals surface area (Å²) >= 11 is 0. The van der Waals surface area contributed by atoms with Gasteiger partial charge in [-0.3, -0.25) is 4.79 Å². The van der Waals surface area contributed by atoms with Crippen LogP contribution in [0.3, 0.4) is 0 Å². The summed E-state index contributed by atoms with van der Waals surface area (Å²) in [5.41, 5.74) is 0.594. The Morgan fingerprint density at radius 3 is 3.25 bits per heavy atom. The van der Waals surface area contributed by atoms with Crippen LogP contribution in [0.25, 0.3) is 0 Å². The second kappa shape index (κ2) is 2.84. The van der Waals surface area contributed by atoms with E-state index in [9.17, 15) is 4.79 Å². The van der Waals surface area contributed by atoms with Crippen LogP contribution in [0.15, 0.2) is 6.20 Å². The highest BCUT2D eigenvalue weighted by Crippen LogP contribution is 2.29. The number of hydrogen-bond acceptors (Lipinski definition) is 3. The van der Waals surface area contributed by atoms with Gasteiger partial charge in [-0.1, -0.05) is 0 Å². The molecule has 5 nitrogen and oxygen atoms in total. The van der Waals surface area contributed by atoms with Crippen LogP contribution in [0.1, 0.15) is 12.8 Å². The van der Waals surface area contributed by atoms with E-state index in [1.807, 2.05) is 0 Å². The van der Waals surface area contributed by atoms with Gasteiger partial charge in [0.15, 0.2) is 0 Å². The Bertz CT molecular complexity index is 280. The van der Waals surface area contributed by atoms with Gasteiger partial charge in [-0.2, -0.15) is 5.10 Å². The van der Waals surface area contributed by atoms with Crippen LogP contribution in [0.5, 0.6) is 5.88 Å². The molecule has 0 bridgehead atoms. The van der Waals surface area contributed by atoms with Crippen molar-refractivity contribution in [3.63, 3.8) is 0 Å². The predicted molar refractivity (Wildman–Crippen MR) is 41.9 cm³/mol. The van der Waals surface area contributed by atoms with Gasteiger partial charge < -0.3 is 10.1 Å². The molecule has 1 fully saturated rings. The fraction of sp³-hybridized carbons (Fsp3) is 0.429. The lowest BCUT2D eigenvalue weighted by molar-refractivity contribution is -0.105. The molecule has 0 saturated heterocycles. The number of H-pyrrole nitrogens is 1. The Kier molecular flexibility index (Phi) is 1.69. The molecule has 0 aromatic carbocycles. The van der Waals surface area contributed by atoms with E-state index in [-0.39, 0.29) is 0 Å². The molecule has 0 aliphatic heterocycles. The summed E-state index contributed by atoms with van der Waals surface area (Å²) in [4.78, 5) is 10.1. The Morgan fingerprint density at radius 1 is 1.75 bits per heavy atom. The fourth-order valence-electron chi connectivity index (χ4n) is 0.883. The number of carbonyl (C=O) groups excluding carboxylic acids is 1. The molecule has 1 saturated carbocycles. The van der Waals surface area contributed by atoms with Crippen LogP contribution < -0.4 is 10.1 Å². The van der Waals surface area contributed by atoms with Crippen molar-refractivity contribution in [2.45, 2.75) is 18.9 Å². The first-order valence-corrected chi connectivity index (χ1v) is 3.80. The third-order valence-electron chi connectivity index (χ3n) is 1.63. The fourth-order valence-corrected chi connectivity index (χ4v) is 0.883. The van der Waals surface area contributed by atoms with E-state index >= 15 is 0 Å². The normalized spacial score (nSPS) is 15.7. The summed E-state index contributed by atoms with van der Waals surface area (Å²) in [5, 5.41) is 8.91. The maximum Gasteiger partial charge on any atom is 0.233 e. The highest BCUT2D eigenvalue weighted by atomic mass is 16.5. The number of aromatic amines is 1. The lowest BCUT2D eigenvalue weighted by Gasteiger charge is -2.01. The van der Waals surface area contributed by atoms with Gasteiger partial charge in [0.2, 0.25) is 12.3 Å². The van der Waals surface area contributed by atoms with E-state index in [1.54, 1.807) is 0 Å². The Balaban J connectivity index is 2.06. The number of hydrogen-bond donors (Lipinski definition) is 2. The van der Waals surface area contributed by atoms with Gasteiger partial charge in [0.05, 0.1) is 6.20 Å². The molecule has 1 aliphatic carbocycles. The Morgan fingerprint density at radius 2 is 2.58 bits per heavy atom. The van der Waals surface area contributed by atoms with Crippen LogP contribution in [-0.4, -0.2) is 22.7 Å². The molecule has 1 aromatic heterocycles. The second-order valence-corrected chi connectivity index (χ2v) is 2.69. The van der Waals surface area contributed by atoms with Crippen molar-refractivity contribution in [1.82, 2.24) is 10.2 Å². The van der Waals surface area contributed by atoms with E-state index in [0.717, 1.165) is 12.8 Å². The lowest BCUT2D eigenvalue weighted by atomic mass is 10.5. The van der Waals surface area contributed by atoms with Crippen LogP contribution >= 0.6 is 0 Å². The Hall–Kier alpha value is -1.52. The van der Waals surface area contributed by atoms with Crippen molar-refractivity contribution in [2.24, 2.45) is 0 Å². The maximum atomic E-state index is 10.1. The van der Waals surface area contributed by atoms with Gasteiger partial charge in [-0.25, -0.2) is 5.10 Å². The van der Waals surface area contributed by atoms with E-state index in [1.165, 1.54) is 6.20 Å². The predicted octanol–water partition coefficient (Wildman–Crippen LogP) is 0.519. The van der Waals surface area contributed by atoms with Crippen molar-refractivity contribution < 1.29 is 9.53 Å².